The van der Waals surface area contributed by atoms with Crippen LogP contribution >= 0.6 is 0 Å². The summed E-state index contributed by atoms with van der Waals surface area (Å²) >= 11 is -0.112. The van der Waals surface area contributed by atoms with Crippen LogP contribution in [0.25, 0.3) is 0 Å². The topological polar surface area (TPSA) is 77.0 Å². The van der Waals surface area contributed by atoms with Crippen molar-refractivity contribution in [2.75, 3.05) is 13.2 Å². The summed E-state index contributed by atoms with van der Waals surface area (Å²) in [6.07, 6.45) is -1.31. The molecule has 0 aliphatic carbocycles. The first kappa shape index (κ1) is 13.9. The molecule has 1 N–H and O–H groups in total. The van der Waals surface area contributed by atoms with Crippen molar-refractivity contribution in [3.63, 3.8) is 0 Å². The third-order valence-corrected chi connectivity index (χ3v) is 2.36. The molecule has 0 heterocycles. The van der Waals surface area contributed by atoms with Crippen molar-refractivity contribution < 1.29 is 19.1 Å². The van der Waals surface area contributed by atoms with E-state index in [2.05, 4.69) is 19.8 Å². The first-order chi connectivity index (χ1) is 7.13. The van der Waals surface area contributed by atoms with Crippen molar-refractivity contribution in [3.05, 3.63) is 0 Å². The van der Waals surface area contributed by atoms with Crippen LogP contribution in [0.4, 0.5) is 9.59 Å². The van der Waals surface area contributed by atoms with E-state index < -0.39 is 12.2 Å². The first-order valence-electron chi connectivity index (χ1n) is 4.37. The van der Waals surface area contributed by atoms with E-state index in [0.29, 0.717) is 4.73 Å². The summed E-state index contributed by atoms with van der Waals surface area (Å²) in [4.78, 5) is 25.5. The molecule has 0 bridgehead atoms. The molecule has 0 saturated heterocycles. The van der Waals surface area contributed by atoms with Gasteiger partial charge >= 0.3 is 94.1 Å². The molecule has 0 radical (unpaired) electrons. The minimum atomic E-state index is -0.701. The Bertz CT molecular complexity index is 255. The SMILES string of the molecule is CCOC(=O)/N=C(/NC(=O)OCC)[Se]C. The van der Waals surface area contributed by atoms with Gasteiger partial charge in [0.15, 0.2) is 0 Å². The van der Waals surface area contributed by atoms with Gasteiger partial charge in [-0.05, 0) is 0 Å². The Morgan fingerprint density at radius 1 is 1.27 bits per heavy atom. The van der Waals surface area contributed by atoms with Gasteiger partial charge in [0.1, 0.15) is 0 Å². The Balaban J connectivity index is 4.22. The van der Waals surface area contributed by atoms with Crippen LogP contribution in [-0.4, -0.2) is 45.1 Å². The Hall–Kier alpha value is -1.07. The van der Waals surface area contributed by atoms with Crippen LogP contribution in [0, 0.1) is 0 Å². The van der Waals surface area contributed by atoms with Crippen LogP contribution in [0.15, 0.2) is 4.99 Å². The maximum atomic E-state index is 11.0. The molecule has 0 fully saturated rings. The summed E-state index contributed by atoms with van der Waals surface area (Å²) in [5, 5.41) is 2.37. The van der Waals surface area contributed by atoms with Crippen molar-refractivity contribution in [2.24, 2.45) is 4.99 Å². The number of ether oxygens (including phenoxy) is 2. The van der Waals surface area contributed by atoms with Crippen molar-refractivity contribution in [2.45, 2.75) is 19.7 Å². The molecule has 0 rings (SSSR count). The van der Waals surface area contributed by atoms with Gasteiger partial charge < -0.3 is 0 Å². The Morgan fingerprint density at radius 3 is 2.33 bits per heavy atom. The zero-order chi connectivity index (χ0) is 11.7. The van der Waals surface area contributed by atoms with Gasteiger partial charge in [0, 0.05) is 0 Å². The van der Waals surface area contributed by atoms with Crippen molar-refractivity contribution in [1.82, 2.24) is 5.32 Å². The summed E-state index contributed by atoms with van der Waals surface area (Å²) < 4.78 is 9.54. The number of aliphatic imine (C=N–C) groups is 1. The fraction of sp³-hybridized carbons (Fsp3) is 0.625. The average Bonchev–Trinajstić information content (AvgIpc) is 2.17. The van der Waals surface area contributed by atoms with Crippen LogP contribution in [0.2, 0.25) is 5.82 Å². The predicted octanol–water partition coefficient (Wildman–Crippen LogP) is 0.997. The van der Waals surface area contributed by atoms with E-state index in [-0.39, 0.29) is 28.2 Å². The molecule has 15 heavy (non-hydrogen) atoms. The molecule has 0 spiro atoms. The maximum absolute atomic E-state index is 11.0. The predicted molar refractivity (Wildman–Crippen MR) is 56.2 cm³/mol. The molecule has 0 aromatic heterocycles. The van der Waals surface area contributed by atoms with E-state index in [1.54, 1.807) is 13.8 Å². The molecular formula is C8H14N2O4Se. The second kappa shape index (κ2) is 8.26. The zero-order valence-corrected chi connectivity index (χ0v) is 10.6. The number of amidine groups is 1. The number of hydrogen-bond acceptors (Lipinski definition) is 4. The fourth-order valence-electron chi connectivity index (χ4n) is 0.618. The number of hydrogen-bond donors (Lipinski definition) is 1. The number of alkyl carbamates (subject to hydrolysis) is 1. The van der Waals surface area contributed by atoms with Gasteiger partial charge in [-0.3, -0.25) is 0 Å². The van der Waals surface area contributed by atoms with Gasteiger partial charge in [0.05, 0.1) is 0 Å². The monoisotopic (exact) mass is 282 g/mol. The van der Waals surface area contributed by atoms with Crippen molar-refractivity contribution >= 4 is 31.9 Å². The number of nitrogens with zero attached hydrogens (tertiary/aromatic N) is 1. The Morgan fingerprint density at radius 2 is 1.87 bits per heavy atom. The second-order valence-electron chi connectivity index (χ2n) is 2.17. The number of rotatable bonds is 3. The van der Waals surface area contributed by atoms with Crippen LogP contribution in [0.5, 0.6) is 0 Å². The van der Waals surface area contributed by atoms with E-state index in [1.165, 1.54) is 0 Å². The summed E-state index contributed by atoms with van der Waals surface area (Å²) in [6, 6.07) is 0. The standard InChI is InChI=1S/C8H14N2O4Se/c1-4-13-7(11)9-6(15-3)10-8(12)14-5-2/h4-5H2,1-3H3,(H,9,10,11,12). The van der Waals surface area contributed by atoms with Gasteiger partial charge in [-0.2, -0.15) is 0 Å². The minimum absolute atomic E-state index is 0.112. The second-order valence-corrected chi connectivity index (χ2v) is 3.83. The zero-order valence-electron chi connectivity index (χ0n) is 8.90. The van der Waals surface area contributed by atoms with Gasteiger partial charge in [0.25, 0.3) is 0 Å². The summed E-state index contributed by atoms with van der Waals surface area (Å²) in [5.41, 5.74) is 0. The van der Waals surface area contributed by atoms with E-state index in [1.807, 2.05) is 5.82 Å². The van der Waals surface area contributed by atoms with Crippen LogP contribution < -0.4 is 5.32 Å². The fourth-order valence-corrected chi connectivity index (χ4v) is 1.35. The van der Waals surface area contributed by atoms with Gasteiger partial charge in [-0.15, -0.1) is 0 Å². The number of nitrogens with one attached hydrogen (secondary N) is 1. The first-order valence-corrected chi connectivity index (χ1v) is 6.94. The van der Waals surface area contributed by atoms with E-state index in [9.17, 15) is 9.59 Å². The van der Waals surface area contributed by atoms with Crippen molar-refractivity contribution in [1.29, 1.82) is 0 Å². The molecule has 0 aliphatic heterocycles. The quantitative estimate of drug-likeness (QED) is 0.475. The normalized spacial score (nSPS) is 10.7. The van der Waals surface area contributed by atoms with Crippen LogP contribution in [-0.2, 0) is 9.47 Å². The van der Waals surface area contributed by atoms with E-state index in [4.69, 9.17) is 0 Å². The molecule has 86 valence electrons. The molecule has 0 aromatic carbocycles. The number of carbonyl (C=O) groups is 2. The molecule has 0 aliphatic rings. The molecule has 6 nitrogen and oxygen atoms in total. The molecule has 7 heteroatoms. The molecule has 0 aromatic rings. The molecule has 0 atom stereocenters. The van der Waals surface area contributed by atoms with Crippen molar-refractivity contribution in [3.8, 4) is 0 Å². The third-order valence-electron chi connectivity index (χ3n) is 1.14. The molecule has 2 amide bonds. The van der Waals surface area contributed by atoms with E-state index in [0.717, 1.165) is 0 Å². The summed E-state index contributed by atoms with van der Waals surface area (Å²) in [5.74, 6) is 1.82. The van der Waals surface area contributed by atoms with Gasteiger partial charge in [-0.25, -0.2) is 0 Å². The average molecular weight is 281 g/mol. The van der Waals surface area contributed by atoms with Crippen LogP contribution in [0.1, 0.15) is 13.8 Å². The Kier molecular flexibility index (Phi) is 7.67. The van der Waals surface area contributed by atoms with Crippen LogP contribution in [0.3, 0.4) is 0 Å². The molecule has 0 unspecified atom stereocenters. The molecule has 0 saturated carbocycles. The van der Waals surface area contributed by atoms with Gasteiger partial charge in [-0.1, -0.05) is 0 Å². The third kappa shape index (κ3) is 6.93. The van der Waals surface area contributed by atoms with E-state index >= 15 is 0 Å². The summed E-state index contributed by atoms with van der Waals surface area (Å²) in [7, 11) is 0. The molecular weight excluding hydrogens is 267 g/mol. The van der Waals surface area contributed by atoms with Gasteiger partial charge in [0.2, 0.25) is 0 Å². The number of carbonyl (C=O) groups excluding carboxylic acids is 2. The summed E-state index contributed by atoms with van der Waals surface area (Å²) in [6.45, 7) is 3.91. The number of amides is 2. The Labute approximate surface area is 94.6 Å².